The van der Waals surface area contributed by atoms with E-state index in [4.69, 9.17) is 0 Å². The van der Waals surface area contributed by atoms with E-state index >= 15 is 0 Å². The number of aromatic hydroxyl groups is 1. The molecule has 1 aromatic carbocycles. The first kappa shape index (κ1) is 12.6. The average molecular weight is 242 g/mol. The molecule has 18 heavy (non-hydrogen) atoms. The fourth-order valence-electron chi connectivity index (χ4n) is 2.01. The highest BCUT2D eigenvalue weighted by Gasteiger charge is 2.11. The van der Waals surface area contributed by atoms with Crippen molar-refractivity contribution in [1.29, 1.82) is 0 Å². The maximum atomic E-state index is 9.48. The van der Waals surface area contributed by atoms with Crippen LogP contribution in [0.15, 0.2) is 48.8 Å². The lowest BCUT2D eigenvalue weighted by atomic mass is 10.0. The van der Waals surface area contributed by atoms with Gasteiger partial charge in [0.15, 0.2) is 0 Å². The van der Waals surface area contributed by atoms with Crippen LogP contribution in [-0.2, 0) is 0 Å². The summed E-state index contributed by atoms with van der Waals surface area (Å²) in [5.41, 5.74) is 2.29. The van der Waals surface area contributed by atoms with Gasteiger partial charge in [-0.2, -0.15) is 0 Å². The molecule has 0 saturated heterocycles. The zero-order valence-electron chi connectivity index (χ0n) is 10.7. The third-order valence-corrected chi connectivity index (χ3v) is 3.08. The van der Waals surface area contributed by atoms with E-state index < -0.39 is 0 Å². The molecule has 0 aliphatic rings. The van der Waals surface area contributed by atoms with E-state index in [0.29, 0.717) is 5.75 Å². The van der Waals surface area contributed by atoms with Crippen LogP contribution in [0.25, 0.3) is 0 Å². The van der Waals surface area contributed by atoms with Gasteiger partial charge in [0, 0.05) is 24.5 Å². The lowest BCUT2D eigenvalue weighted by molar-refractivity contribution is 0.466. The zero-order valence-corrected chi connectivity index (χ0v) is 10.7. The van der Waals surface area contributed by atoms with E-state index in [0.717, 1.165) is 5.56 Å². The van der Waals surface area contributed by atoms with Crippen LogP contribution in [0.1, 0.15) is 37.1 Å². The van der Waals surface area contributed by atoms with Crippen LogP contribution < -0.4 is 5.32 Å². The monoisotopic (exact) mass is 242 g/mol. The largest absolute Gasteiger partial charge is 0.508 e. The fourth-order valence-corrected chi connectivity index (χ4v) is 2.01. The molecule has 2 atom stereocenters. The number of nitrogens with zero attached hydrogens (tertiary/aromatic N) is 1. The Morgan fingerprint density at radius 1 is 1.00 bits per heavy atom. The van der Waals surface area contributed by atoms with E-state index in [9.17, 15) is 5.11 Å². The molecule has 0 aliphatic carbocycles. The van der Waals surface area contributed by atoms with E-state index in [1.165, 1.54) is 5.56 Å². The first-order valence-electron chi connectivity index (χ1n) is 6.11. The van der Waals surface area contributed by atoms with Gasteiger partial charge in [-0.15, -0.1) is 0 Å². The summed E-state index contributed by atoms with van der Waals surface area (Å²) in [5.74, 6) is 0.303. The van der Waals surface area contributed by atoms with Crippen molar-refractivity contribution in [3.8, 4) is 5.75 Å². The van der Waals surface area contributed by atoms with Gasteiger partial charge < -0.3 is 10.4 Å². The standard InChI is InChI=1S/C15H18N2O/c1-11(13-6-8-16-9-7-13)17-12(2)14-4-3-5-15(18)10-14/h3-12,17-18H,1-2H3. The third-order valence-electron chi connectivity index (χ3n) is 3.08. The first-order chi connectivity index (χ1) is 8.66. The van der Waals surface area contributed by atoms with E-state index in [2.05, 4.69) is 24.1 Å². The van der Waals surface area contributed by atoms with Gasteiger partial charge >= 0.3 is 0 Å². The molecule has 0 fully saturated rings. The Morgan fingerprint density at radius 2 is 1.67 bits per heavy atom. The highest BCUT2D eigenvalue weighted by molar-refractivity contribution is 5.29. The van der Waals surface area contributed by atoms with Crippen molar-refractivity contribution in [2.24, 2.45) is 0 Å². The number of nitrogens with one attached hydrogen (secondary N) is 1. The summed E-state index contributed by atoms with van der Waals surface area (Å²) in [4.78, 5) is 4.02. The number of rotatable bonds is 4. The number of pyridine rings is 1. The highest BCUT2D eigenvalue weighted by atomic mass is 16.3. The van der Waals surface area contributed by atoms with Crippen LogP contribution in [0.2, 0.25) is 0 Å². The molecule has 3 nitrogen and oxygen atoms in total. The van der Waals surface area contributed by atoms with Crippen LogP contribution in [-0.4, -0.2) is 10.1 Å². The summed E-state index contributed by atoms with van der Waals surface area (Å²) >= 11 is 0. The number of phenolic OH excluding ortho intramolecular Hbond substituents is 1. The van der Waals surface area contributed by atoms with Crippen LogP contribution in [0, 0.1) is 0 Å². The Balaban J connectivity index is 2.05. The highest BCUT2D eigenvalue weighted by Crippen LogP contribution is 2.21. The van der Waals surface area contributed by atoms with Crippen molar-refractivity contribution < 1.29 is 5.11 Å². The normalized spacial score (nSPS) is 14.1. The zero-order chi connectivity index (χ0) is 13.0. The molecule has 2 rings (SSSR count). The molecule has 0 radical (unpaired) electrons. The van der Waals surface area contributed by atoms with Gasteiger partial charge in [0.2, 0.25) is 0 Å². The molecule has 3 heteroatoms. The Labute approximate surface area is 108 Å². The molecular weight excluding hydrogens is 224 g/mol. The van der Waals surface area contributed by atoms with E-state index in [1.807, 2.05) is 24.3 Å². The van der Waals surface area contributed by atoms with Crippen molar-refractivity contribution in [3.05, 3.63) is 59.9 Å². The molecule has 2 unspecified atom stereocenters. The van der Waals surface area contributed by atoms with Gasteiger partial charge in [-0.25, -0.2) is 0 Å². The molecule has 0 spiro atoms. The summed E-state index contributed by atoms with van der Waals surface area (Å²) in [6.07, 6.45) is 3.60. The minimum Gasteiger partial charge on any atom is -0.508 e. The van der Waals surface area contributed by atoms with Gasteiger partial charge in [0.25, 0.3) is 0 Å². The molecular formula is C15H18N2O. The van der Waals surface area contributed by atoms with Crippen molar-refractivity contribution in [2.75, 3.05) is 0 Å². The second-order valence-electron chi connectivity index (χ2n) is 4.49. The number of hydrogen-bond acceptors (Lipinski definition) is 3. The van der Waals surface area contributed by atoms with Gasteiger partial charge in [0.05, 0.1) is 0 Å². The summed E-state index contributed by atoms with van der Waals surface area (Å²) in [6, 6.07) is 11.8. The molecule has 0 aliphatic heterocycles. The molecule has 2 N–H and O–H groups in total. The molecule has 2 aromatic rings. The number of phenols is 1. The van der Waals surface area contributed by atoms with E-state index in [-0.39, 0.29) is 12.1 Å². The molecule has 0 amide bonds. The van der Waals surface area contributed by atoms with Crippen LogP contribution in [0.5, 0.6) is 5.75 Å². The van der Waals surface area contributed by atoms with Crippen LogP contribution in [0.4, 0.5) is 0 Å². The predicted octanol–water partition coefficient (Wildman–Crippen LogP) is 3.20. The molecule has 0 saturated carbocycles. The van der Waals surface area contributed by atoms with E-state index in [1.54, 1.807) is 24.5 Å². The van der Waals surface area contributed by atoms with Crippen LogP contribution in [0.3, 0.4) is 0 Å². The number of hydrogen-bond donors (Lipinski definition) is 2. The quantitative estimate of drug-likeness (QED) is 0.865. The maximum Gasteiger partial charge on any atom is 0.115 e. The number of benzene rings is 1. The van der Waals surface area contributed by atoms with Crippen molar-refractivity contribution >= 4 is 0 Å². The summed E-state index contributed by atoms with van der Waals surface area (Å²) in [5, 5.41) is 13.0. The smallest absolute Gasteiger partial charge is 0.115 e. The molecule has 1 heterocycles. The fraction of sp³-hybridized carbons (Fsp3) is 0.267. The Morgan fingerprint density at radius 3 is 2.33 bits per heavy atom. The lowest BCUT2D eigenvalue weighted by Crippen LogP contribution is -2.22. The second-order valence-corrected chi connectivity index (χ2v) is 4.49. The maximum absolute atomic E-state index is 9.48. The topological polar surface area (TPSA) is 45.1 Å². The predicted molar refractivity (Wildman–Crippen MR) is 72.3 cm³/mol. The Hall–Kier alpha value is -1.87. The van der Waals surface area contributed by atoms with Gasteiger partial charge in [0.1, 0.15) is 5.75 Å². The Kier molecular flexibility index (Phi) is 3.95. The first-order valence-corrected chi connectivity index (χ1v) is 6.11. The minimum atomic E-state index is 0.181. The van der Waals surface area contributed by atoms with Gasteiger partial charge in [-0.1, -0.05) is 12.1 Å². The van der Waals surface area contributed by atoms with Crippen molar-refractivity contribution in [1.82, 2.24) is 10.3 Å². The molecule has 1 aromatic heterocycles. The lowest BCUT2D eigenvalue weighted by Gasteiger charge is -2.20. The Bertz CT molecular complexity index is 499. The summed E-state index contributed by atoms with van der Waals surface area (Å²) in [7, 11) is 0. The van der Waals surface area contributed by atoms with Crippen molar-refractivity contribution in [3.63, 3.8) is 0 Å². The third kappa shape index (κ3) is 3.08. The minimum absolute atomic E-state index is 0.181. The SMILES string of the molecule is CC(NC(C)c1cccc(O)c1)c1ccncc1. The van der Waals surface area contributed by atoms with Crippen molar-refractivity contribution in [2.45, 2.75) is 25.9 Å². The molecule has 94 valence electrons. The average Bonchev–Trinajstić information content (AvgIpc) is 2.39. The van der Waals surface area contributed by atoms with Crippen LogP contribution >= 0.6 is 0 Å². The number of aromatic nitrogens is 1. The van der Waals surface area contributed by atoms with Gasteiger partial charge in [-0.05, 0) is 49.2 Å². The second kappa shape index (κ2) is 5.65. The summed E-state index contributed by atoms with van der Waals surface area (Å²) in [6.45, 7) is 4.21. The molecule has 0 bridgehead atoms. The summed E-state index contributed by atoms with van der Waals surface area (Å²) < 4.78 is 0. The van der Waals surface area contributed by atoms with Gasteiger partial charge in [-0.3, -0.25) is 4.98 Å².